The number of hydrogen-bond acceptors (Lipinski definition) is 6. The molecular weight excluding hydrogens is 577 g/mol. The van der Waals surface area contributed by atoms with E-state index in [0.717, 1.165) is 11.0 Å². The fraction of sp³-hybridized carbons (Fsp3) is 0.222. The molecule has 1 aromatic heterocycles. The Hall–Kier alpha value is -3.48. The number of hydrogen-bond donors (Lipinski definition) is 5. The Balaban J connectivity index is 1.50. The average molecular weight is 605 g/mol. The summed E-state index contributed by atoms with van der Waals surface area (Å²) in [6.07, 6.45) is 0. The van der Waals surface area contributed by atoms with Gasteiger partial charge in [-0.1, -0.05) is 56.1 Å². The largest absolute Gasteiger partial charge is 0.338 e. The first-order chi connectivity index (χ1) is 18.8. The van der Waals surface area contributed by atoms with Gasteiger partial charge in [0.15, 0.2) is 0 Å². The van der Waals surface area contributed by atoms with Gasteiger partial charge in [0.05, 0.1) is 31.5 Å². The van der Waals surface area contributed by atoms with Crippen molar-refractivity contribution in [3.63, 3.8) is 0 Å². The number of hydroxylamine groups is 1. The topological polar surface area (TPSA) is 153 Å². The molecule has 0 aliphatic carbocycles. The second-order valence-electron chi connectivity index (χ2n) is 9.90. The first-order valence-corrected chi connectivity index (χ1v) is 14.4. The molecule has 1 unspecified atom stereocenters. The van der Waals surface area contributed by atoms with E-state index in [2.05, 4.69) is 20.0 Å². The van der Waals surface area contributed by atoms with E-state index >= 15 is 0 Å². The van der Waals surface area contributed by atoms with Crippen LogP contribution in [0.4, 0.5) is 5.69 Å². The summed E-state index contributed by atoms with van der Waals surface area (Å²) in [6.45, 7) is 4.86. The molecule has 1 atom stereocenters. The van der Waals surface area contributed by atoms with Crippen molar-refractivity contribution in [1.82, 2.24) is 20.2 Å². The zero-order chi connectivity index (χ0) is 29.2. The molecule has 0 spiro atoms. The van der Waals surface area contributed by atoms with Crippen LogP contribution in [-0.4, -0.2) is 42.0 Å². The monoisotopic (exact) mass is 603 g/mol. The SMILES string of the molecule is CC(C(=O)NO)C(C)(C)CNS(=O)(=O)c1ccc(C(=O)Nc2ccc(Cl)c(-c3nc4ccccc4[nH]3)c2)c(Cl)c1. The van der Waals surface area contributed by atoms with E-state index in [1.54, 1.807) is 44.5 Å². The first kappa shape index (κ1) is 29.5. The molecule has 5 N–H and O–H groups in total. The molecule has 0 saturated heterocycles. The molecule has 13 heteroatoms. The van der Waals surface area contributed by atoms with Crippen molar-refractivity contribution in [1.29, 1.82) is 0 Å². The number of nitrogens with one attached hydrogen (secondary N) is 4. The number of fused-ring (bicyclic) bond motifs is 1. The number of aromatic nitrogens is 2. The van der Waals surface area contributed by atoms with Crippen LogP contribution in [0.15, 0.2) is 65.6 Å². The summed E-state index contributed by atoms with van der Waals surface area (Å²) in [5, 5.41) is 12.0. The van der Waals surface area contributed by atoms with Gasteiger partial charge in [0.1, 0.15) is 5.82 Å². The van der Waals surface area contributed by atoms with Gasteiger partial charge >= 0.3 is 0 Å². The summed E-state index contributed by atoms with van der Waals surface area (Å²) < 4.78 is 28.2. The predicted molar refractivity (Wildman–Crippen MR) is 154 cm³/mol. The van der Waals surface area contributed by atoms with Gasteiger partial charge in [-0.2, -0.15) is 0 Å². The lowest BCUT2D eigenvalue weighted by atomic mass is 9.80. The minimum absolute atomic E-state index is 0.0643. The van der Waals surface area contributed by atoms with Crippen LogP contribution in [0.2, 0.25) is 10.0 Å². The van der Waals surface area contributed by atoms with Crippen molar-refractivity contribution in [2.75, 3.05) is 11.9 Å². The maximum atomic E-state index is 13.0. The van der Waals surface area contributed by atoms with Crippen molar-refractivity contribution < 1.29 is 23.2 Å². The summed E-state index contributed by atoms with van der Waals surface area (Å²) in [6, 6.07) is 16.2. The van der Waals surface area contributed by atoms with Crippen molar-refractivity contribution >= 4 is 61.8 Å². The van der Waals surface area contributed by atoms with Crippen LogP contribution in [0.1, 0.15) is 31.1 Å². The molecule has 1 heterocycles. The van der Waals surface area contributed by atoms with Gasteiger partial charge in [0.25, 0.3) is 5.91 Å². The minimum Gasteiger partial charge on any atom is -0.338 e. The molecule has 0 aliphatic heterocycles. The number of rotatable bonds is 9. The lowest BCUT2D eigenvalue weighted by Crippen LogP contribution is -2.43. The van der Waals surface area contributed by atoms with E-state index in [-0.39, 0.29) is 22.0 Å². The molecule has 0 bridgehead atoms. The summed E-state index contributed by atoms with van der Waals surface area (Å²) in [5.74, 6) is -1.33. The van der Waals surface area contributed by atoms with Gasteiger partial charge in [0.2, 0.25) is 15.9 Å². The van der Waals surface area contributed by atoms with Crippen molar-refractivity contribution in [3.8, 4) is 11.4 Å². The van der Waals surface area contributed by atoms with Crippen molar-refractivity contribution in [2.24, 2.45) is 11.3 Å². The third-order valence-electron chi connectivity index (χ3n) is 6.76. The molecule has 0 radical (unpaired) electrons. The van der Waals surface area contributed by atoms with E-state index in [1.807, 2.05) is 24.3 Å². The highest BCUT2D eigenvalue weighted by Crippen LogP contribution is 2.31. The summed E-state index contributed by atoms with van der Waals surface area (Å²) in [4.78, 5) is 32.4. The van der Waals surface area contributed by atoms with E-state index in [9.17, 15) is 18.0 Å². The van der Waals surface area contributed by atoms with Crippen molar-refractivity contribution in [3.05, 3.63) is 76.3 Å². The average Bonchev–Trinajstić information content (AvgIpc) is 3.36. The second kappa shape index (κ2) is 11.6. The van der Waals surface area contributed by atoms with Crippen LogP contribution in [0, 0.1) is 11.3 Å². The first-order valence-electron chi connectivity index (χ1n) is 12.1. The molecule has 40 heavy (non-hydrogen) atoms. The Morgan fingerprint density at radius 1 is 1.05 bits per heavy atom. The van der Waals surface area contributed by atoms with Gasteiger partial charge in [0, 0.05) is 23.7 Å². The van der Waals surface area contributed by atoms with Crippen LogP contribution in [0.25, 0.3) is 22.4 Å². The molecule has 0 saturated carbocycles. The number of carbonyl (C=O) groups is 2. The highest BCUT2D eigenvalue weighted by atomic mass is 35.5. The molecule has 3 aromatic carbocycles. The van der Waals surface area contributed by atoms with Gasteiger partial charge in [-0.3, -0.25) is 14.8 Å². The number of sulfonamides is 1. The third kappa shape index (κ3) is 6.29. The van der Waals surface area contributed by atoms with Gasteiger partial charge in [-0.05, 0) is 53.9 Å². The predicted octanol–water partition coefficient (Wildman–Crippen LogP) is 5.24. The van der Waals surface area contributed by atoms with Crippen LogP contribution in [0.3, 0.4) is 0 Å². The van der Waals surface area contributed by atoms with E-state index in [1.165, 1.54) is 18.2 Å². The maximum absolute atomic E-state index is 13.0. The quantitative estimate of drug-likeness (QED) is 0.130. The zero-order valence-corrected chi connectivity index (χ0v) is 24.1. The number of aromatic amines is 1. The zero-order valence-electron chi connectivity index (χ0n) is 21.7. The maximum Gasteiger partial charge on any atom is 0.257 e. The number of para-hydroxylation sites is 2. The minimum atomic E-state index is -4.02. The van der Waals surface area contributed by atoms with E-state index < -0.39 is 33.2 Å². The summed E-state index contributed by atoms with van der Waals surface area (Å²) >= 11 is 12.7. The molecule has 0 aliphatic rings. The molecule has 4 rings (SSSR count). The molecular formula is C27H27Cl2N5O5S. The molecule has 4 aromatic rings. The number of anilines is 1. The Labute approximate surface area is 241 Å². The summed E-state index contributed by atoms with van der Waals surface area (Å²) in [5.41, 5.74) is 3.46. The number of halogens is 2. The fourth-order valence-electron chi connectivity index (χ4n) is 3.88. The third-order valence-corrected chi connectivity index (χ3v) is 8.80. The van der Waals surface area contributed by atoms with Crippen LogP contribution < -0.4 is 15.5 Å². The van der Waals surface area contributed by atoms with Gasteiger partial charge < -0.3 is 10.3 Å². The second-order valence-corrected chi connectivity index (χ2v) is 12.5. The molecule has 10 nitrogen and oxygen atoms in total. The smallest absolute Gasteiger partial charge is 0.257 e. The Kier molecular flexibility index (Phi) is 8.52. The van der Waals surface area contributed by atoms with Crippen molar-refractivity contribution in [2.45, 2.75) is 25.7 Å². The molecule has 210 valence electrons. The van der Waals surface area contributed by atoms with Crippen LogP contribution >= 0.6 is 23.2 Å². The van der Waals surface area contributed by atoms with E-state index in [0.29, 0.717) is 22.1 Å². The Morgan fingerprint density at radius 3 is 2.45 bits per heavy atom. The van der Waals surface area contributed by atoms with Crippen LogP contribution in [0.5, 0.6) is 0 Å². The molecule has 2 amide bonds. The number of benzene rings is 3. The van der Waals surface area contributed by atoms with E-state index in [4.69, 9.17) is 28.4 Å². The Bertz CT molecular complexity index is 1670. The van der Waals surface area contributed by atoms with Gasteiger partial charge in [-0.15, -0.1) is 0 Å². The van der Waals surface area contributed by atoms with Crippen LogP contribution in [-0.2, 0) is 14.8 Å². The van der Waals surface area contributed by atoms with Gasteiger partial charge in [-0.25, -0.2) is 23.6 Å². The number of amides is 2. The lowest BCUT2D eigenvalue weighted by Gasteiger charge is -2.30. The number of imidazole rings is 1. The Morgan fingerprint density at radius 2 is 1.77 bits per heavy atom. The normalized spacial score (nSPS) is 12.8. The molecule has 0 fully saturated rings. The highest BCUT2D eigenvalue weighted by molar-refractivity contribution is 7.89. The lowest BCUT2D eigenvalue weighted by molar-refractivity contribution is -0.136. The standard InChI is InChI=1S/C27H27Cl2N5O5S/c1-15(25(35)34-37)27(2,3)14-30-40(38,39)17-9-10-18(21(29)13-17)26(36)31-16-8-11-20(28)19(12-16)24-32-22-6-4-5-7-23(22)33-24/h4-13,15,30,37H,14H2,1-3H3,(H,31,36)(H,32,33)(H,34,35). The number of H-pyrrole nitrogens is 1. The highest BCUT2D eigenvalue weighted by Gasteiger charge is 2.33. The number of carbonyl (C=O) groups excluding carboxylic acids is 2. The number of nitrogens with zero attached hydrogens (tertiary/aromatic N) is 1. The fourth-order valence-corrected chi connectivity index (χ4v) is 5.67. The summed E-state index contributed by atoms with van der Waals surface area (Å²) in [7, 11) is -4.02.